The molecule has 1 unspecified atom stereocenters. The summed E-state index contributed by atoms with van der Waals surface area (Å²) in [5.41, 5.74) is -0.770. The molecule has 1 aliphatic rings. The van der Waals surface area contributed by atoms with Crippen molar-refractivity contribution in [2.45, 2.75) is 39.7 Å². The van der Waals surface area contributed by atoms with E-state index in [0.29, 0.717) is 16.7 Å². The van der Waals surface area contributed by atoms with Crippen LogP contribution in [0.25, 0.3) is 0 Å². The van der Waals surface area contributed by atoms with E-state index in [4.69, 9.17) is 4.74 Å². The molecule has 0 aliphatic heterocycles. The van der Waals surface area contributed by atoms with Crippen molar-refractivity contribution in [1.82, 2.24) is 0 Å². The fourth-order valence-electron chi connectivity index (χ4n) is 2.90. The van der Waals surface area contributed by atoms with Crippen LogP contribution in [0.3, 0.4) is 0 Å². The first kappa shape index (κ1) is 18.0. The highest BCUT2D eigenvalue weighted by molar-refractivity contribution is 5.93. The first-order chi connectivity index (χ1) is 11.2. The van der Waals surface area contributed by atoms with Gasteiger partial charge in [0, 0.05) is 17.4 Å². The van der Waals surface area contributed by atoms with Crippen LogP contribution >= 0.6 is 0 Å². The molecule has 0 spiro atoms. The zero-order chi connectivity index (χ0) is 18.0. The highest BCUT2D eigenvalue weighted by atomic mass is 16.5. The van der Waals surface area contributed by atoms with Crippen molar-refractivity contribution in [2.75, 3.05) is 6.61 Å². The third kappa shape index (κ3) is 3.27. The number of ether oxygens (including phenoxy) is 1. The molecule has 0 amide bonds. The molecule has 0 aromatic heterocycles. The van der Waals surface area contributed by atoms with Gasteiger partial charge in [0.15, 0.2) is 11.4 Å². The lowest BCUT2D eigenvalue weighted by atomic mass is 9.65. The Morgan fingerprint density at radius 3 is 2.62 bits per heavy atom. The highest BCUT2D eigenvalue weighted by Crippen LogP contribution is 2.42. The highest BCUT2D eigenvalue weighted by Gasteiger charge is 2.47. The first-order valence-corrected chi connectivity index (χ1v) is 7.94. The Hall–Kier alpha value is -2.38. The van der Waals surface area contributed by atoms with Crippen LogP contribution in [0.1, 0.15) is 50.0 Å². The molecular weight excluding hydrogens is 304 g/mol. The second kappa shape index (κ2) is 6.62. The van der Waals surface area contributed by atoms with E-state index in [2.05, 4.69) is 11.8 Å². The van der Waals surface area contributed by atoms with E-state index in [1.165, 1.54) is 6.08 Å². The number of carbonyl (C=O) groups excluding carboxylic acids is 2. The van der Waals surface area contributed by atoms with Crippen LogP contribution in [0.15, 0.2) is 35.9 Å². The van der Waals surface area contributed by atoms with Crippen LogP contribution in [0, 0.1) is 17.3 Å². The van der Waals surface area contributed by atoms with Gasteiger partial charge in [0.25, 0.3) is 0 Å². The number of allylic oxidation sites excluding steroid dienone is 1. The fraction of sp³-hybridized carbons (Fsp3) is 0.400. The van der Waals surface area contributed by atoms with Crippen molar-refractivity contribution < 1.29 is 19.4 Å². The van der Waals surface area contributed by atoms with Gasteiger partial charge >= 0.3 is 5.97 Å². The number of rotatable bonds is 2. The average molecular weight is 326 g/mol. The number of hydrogen-bond acceptors (Lipinski definition) is 4. The molecule has 1 atom stereocenters. The number of carbonyl (C=O) groups is 2. The topological polar surface area (TPSA) is 63.6 Å². The molecule has 1 aliphatic carbocycles. The standard InChI is InChI=1S/C20H22O4/c1-5-24-18(22)17-9-7-6-8-15(17)10-11-20(23)14(2)12-16(21)13-19(20,3)4/h6-9,12,23H,5,13H2,1-4H3. The van der Waals surface area contributed by atoms with E-state index in [1.807, 2.05) is 13.8 Å². The van der Waals surface area contributed by atoms with Crippen molar-refractivity contribution in [2.24, 2.45) is 5.41 Å². The molecule has 126 valence electrons. The maximum absolute atomic E-state index is 12.0. The molecule has 0 saturated carbocycles. The van der Waals surface area contributed by atoms with Crippen molar-refractivity contribution in [3.05, 3.63) is 47.0 Å². The van der Waals surface area contributed by atoms with Gasteiger partial charge in [0.2, 0.25) is 0 Å². The van der Waals surface area contributed by atoms with E-state index in [0.717, 1.165) is 0 Å². The quantitative estimate of drug-likeness (QED) is 0.670. The summed E-state index contributed by atoms with van der Waals surface area (Å²) in [5.74, 6) is 5.34. The summed E-state index contributed by atoms with van der Waals surface area (Å²) in [7, 11) is 0. The van der Waals surface area contributed by atoms with Gasteiger partial charge in [-0.3, -0.25) is 4.79 Å². The number of hydrogen-bond donors (Lipinski definition) is 1. The van der Waals surface area contributed by atoms with Gasteiger partial charge in [0.1, 0.15) is 0 Å². The Morgan fingerprint density at radius 2 is 2.00 bits per heavy atom. The zero-order valence-corrected chi connectivity index (χ0v) is 14.5. The molecule has 0 radical (unpaired) electrons. The Balaban J connectivity index is 2.48. The predicted molar refractivity (Wildman–Crippen MR) is 91.4 cm³/mol. The molecule has 0 heterocycles. The van der Waals surface area contributed by atoms with Crippen LogP contribution < -0.4 is 0 Å². The Bertz CT molecular complexity index is 761. The molecule has 1 aromatic rings. The minimum absolute atomic E-state index is 0.0177. The minimum atomic E-state index is -1.43. The lowest BCUT2D eigenvalue weighted by Crippen LogP contribution is -2.48. The largest absolute Gasteiger partial charge is 0.462 e. The van der Waals surface area contributed by atoms with Gasteiger partial charge in [-0.25, -0.2) is 4.79 Å². The summed E-state index contributed by atoms with van der Waals surface area (Å²) in [6.07, 6.45) is 1.66. The third-order valence-corrected chi connectivity index (χ3v) is 4.34. The van der Waals surface area contributed by atoms with E-state index in [9.17, 15) is 14.7 Å². The van der Waals surface area contributed by atoms with Crippen molar-refractivity contribution in [3.63, 3.8) is 0 Å². The smallest absolute Gasteiger partial charge is 0.339 e. The lowest BCUT2D eigenvalue weighted by molar-refractivity contribution is -0.121. The van der Waals surface area contributed by atoms with Gasteiger partial charge in [-0.05, 0) is 37.6 Å². The van der Waals surface area contributed by atoms with Gasteiger partial charge in [-0.2, -0.15) is 0 Å². The SMILES string of the molecule is CCOC(=O)c1ccccc1C#CC1(O)C(C)=CC(=O)CC1(C)C. The molecule has 4 nitrogen and oxygen atoms in total. The lowest BCUT2D eigenvalue weighted by Gasteiger charge is -2.42. The fourth-order valence-corrected chi connectivity index (χ4v) is 2.90. The molecule has 0 saturated heterocycles. The normalized spacial score (nSPS) is 22.2. The summed E-state index contributed by atoms with van der Waals surface area (Å²) >= 11 is 0. The van der Waals surface area contributed by atoms with Crippen LogP contribution in [0.2, 0.25) is 0 Å². The minimum Gasteiger partial charge on any atom is -0.462 e. The molecule has 0 fully saturated rings. The molecule has 4 heteroatoms. The van der Waals surface area contributed by atoms with Gasteiger partial charge in [-0.1, -0.05) is 37.8 Å². The third-order valence-electron chi connectivity index (χ3n) is 4.34. The molecule has 1 N–H and O–H groups in total. The van der Waals surface area contributed by atoms with Gasteiger partial charge < -0.3 is 9.84 Å². The van der Waals surface area contributed by atoms with Crippen LogP contribution in [-0.2, 0) is 9.53 Å². The molecule has 2 rings (SSSR count). The Labute approximate surface area is 142 Å². The number of ketones is 1. The van der Waals surface area contributed by atoms with Crippen LogP contribution in [0.5, 0.6) is 0 Å². The number of esters is 1. The van der Waals surface area contributed by atoms with Crippen molar-refractivity contribution >= 4 is 11.8 Å². The Kier molecular flexibility index (Phi) is 4.96. The average Bonchev–Trinajstić information content (AvgIpc) is 2.51. The van der Waals surface area contributed by atoms with Crippen molar-refractivity contribution in [3.8, 4) is 11.8 Å². The summed E-state index contributed by atoms with van der Waals surface area (Å²) in [4.78, 5) is 23.8. The molecule has 1 aromatic carbocycles. The summed E-state index contributed by atoms with van der Waals surface area (Å²) in [5, 5.41) is 11.1. The van der Waals surface area contributed by atoms with Gasteiger partial charge in [-0.15, -0.1) is 0 Å². The summed E-state index contributed by atoms with van der Waals surface area (Å²) in [6.45, 7) is 7.34. The van der Waals surface area contributed by atoms with Gasteiger partial charge in [0.05, 0.1) is 12.2 Å². The van der Waals surface area contributed by atoms with E-state index < -0.39 is 17.0 Å². The Morgan fingerprint density at radius 1 is 1.33 bits per heavy atom. The predicted octanol–water partition coefficient (Wildman–Crippen LogP) is 2.89. The van der Waals surface area contributed by atoms with Crippen LogP contribution in [0.4, 0.5) is 0 Å². The number of benzene rings is 1. The first-order valence-electron chi connectivity index (χ1n) is 7.94. The summed E-state index contributed by atoms with van der Waals surface area (Å²) in [6, 6.07) is 6.86. The second-order valence-electron chi connectivity index (χ2n) is 6.58. The monoisotopic (exact) mass is 326 g/mol. The maximum atomic E-state index is 12.0. The van der Waals surface area contributed by atoms with E-state index in [1.54, 1.807) is 38.1 Å². The molecule has 0 bridgehead atoms. The second-order valence-corrected chi connectivity index (χ2v) is 6.58. The van der Waals surface area contributed by atoms with E-state index in [-0.39, 0.29) is 18.8 Å². The zero-order valence-electron chi connectivity index (χ0n) is 14.5. The number of aliphatic hydroxyl groups is 1. The van der Waals surface area contributed by atoms with Crippen molar-refractivity contribution in [1.29, 1.82) is 0 Å². The van der Waals surface area contributed by atoms with E-state index >= 15 is 0 Å². The molecular formula is C20H22O4. The summed E-state index contributed by atoms with van der Waals surface area (Å²) < 4.78 is 5.04. The maximum Gasteiger partial charge on any atom is 0.339 e. The van der Waals surface area contributed by atoms with Crippen LogP contribution in [-0.4, -0.2) is 29.1 Å². The molecule has 24 heavy (non-hydrogen) atoms.